The number of phenols is 1. The van der Waals surface area contributed by atoms with Crippen molar-refractivity contribution in [2.24, 2.45) is 5.73 Å². The molecule has 0 aromatic heterocycles. The Bertz CT molecular complexity index is 420. The van der Waals surface area contributed by atoms with Crippen molar-refractivity contribution in [3.05, 3.63) is 44.9 Å². The maximum atomic E-state index is 10.6. The van der Waals surface area contributed by atoms with Crippen LogP contribution in [0.4, 0.5) is 5.69 Å². The molecule has 6 heteroatoms. The minimum atomic E-state index is -0.638. The second-order valence-electron chi connectivity index (χ2n) is 2.88. The summed E-state index contributed by atoms with van der Waals surface area (Å²) < 4.78 is 0.240. The third-order valence-electron chi connectivity index (χ3n) is 1.90. The second kappa shape index (κ2) is 4.41. The molecule has 0 heterocycles. The molecule has 0 saturated heterocycles. The van der Waals surface area contributed by atoms with E-state index in [0.29, 0.717) is 0 Å². The molecule has 0 radical (unpaired) electrons. The molecule has 3 N–H and O–H groups in total. The van der Waals surface area contributed by atoms with E-state index in [4.69, 9.17) is 5.73 Å². The van der Waals surface area contributed by atoms with Crippen LogP contribution in [0.3, 0.4) is 0 Å². The van der Waals surface area contributed by atoms with Gasteiger partial charge < -0.3 is 10.8 Å². The first-order valence-electron chi connectivity index (χ1n) is 4.02. The number of benzene rings is 1. The van der Waals surface area contributed by atoms with Crippen molar-refractivity contribution in [2.45, 2.75) is 6.04 Å². The van der Waals surface area contributed by atoms with Crippen molar-refractivity contribution in [1.82, 2.24) is 0 Å². The molecule has 0 aliphatic carbocycles. The summed E-state index contributed by atoms with van der Waals surface area (Å²) in [6.45, 7) is 3.46. The summed E-state index contributed by atoms with van der Waals surface area (Å²) in [5.74, 6) is -0.104. The molecule has 0 unspecified atom stereocenters. The fourth-order valence-electron chi connectivity index (χ4n) is 1.09. The van der Waals surface area contributed by atoms with Crippen molar-refractivity contribution in [3.8, 4) is 5.75 Å². The lowest BCUT2D eigenvalue weighted by Gasteiger charge is -2.10. The first-order valence-corrected chi connectivity index (χ1v) is 4.81. The predicted octanol–water partition coefficient (Wildman–Crippen LogP) is 2.25. The summed E-state index contributed by atoms with van der Waals surface area (Å²) >= 11 is 3.02. The second-order valence-corrected chi connectivity index (χ2v) is 3.74. The summed E-state index contributed by atoms with van der Waals surface area (Å²) in [6.07, 6.45) is 1.39. The number of phenolic OH excluding ortho intramolecular Hbond substituents is 1. The van der Waals surface area contributed by atoms with E-state index < -0.39 is 11.0 Å². The van der Waals surface area contributed by atoms with Crippen molar-refractivity contribution in [3.63, 3.8) is 0 Å². The van der Waals surface area contributed by atoms with Gasteiger partial charge in [-0.15, -0.1) is 6.58 Å². The van der Waals surface area contributed by atoms with Crippen molar-refractivity contribution in [2.75, 3.05) is 0 Å². The van der Waals surface area contributed by atoms with Crippen LogP contribution in [0.25, 0.3) is 0 Å². The predicted molar refractivity (Wildman–Crippen MR) is 59.6 cm³/mol. The van der Waals surface area contributed by atoms with Crippen LogP contribution in [-0.4, -0.2) is 10.0 Å². The molecular weight excluding hydrogens is 264 g/mol. The minimum Gasteiger partial charge on any atom is -0.506 e. The molecule has 1 atom stereocenters. The highest BCUT2D eigenvalue weighted by molar-refractivity contribution is 9.10. The monoisotopic (exact) mass is 272 g/mol. The van der Waals surface area contributed by atoms with Gasteiger partial charge in [-0.25, -0.2) is 0 Å². The van der Waals surface area contributed by atoms with Crippen LogP contribution in [0.1, 0.15) is 11.6 Å². The van der Waals surface area contributed by atoms with Gasteiger partial charge in [0.15, 0.2) is 0 Å². The average molecular weight is 273 g/mol. The summed E-state index contributed by atoms with van der Waals surface area (Å²) in [4.78, 5) is 10.0. The lowest BCUT2D eigenvalue weighted by atomic mass is 10.1. The Hall–Kier alpha value is -1.40. The fraction of sp³-hybridized carbons (Fsp3) is 0.111. The van der Waals surface area contributed by atoms with E-state index in [1.54, 1.807) is 0 Å². The van der Waals surface area contributed by atoms with E-state index >= 15 is 0 Å². The van der Waals surface area contributed by atoms with Crippen LogP contribution in [0, 0.1) is 10.1 Å². The zero-order valence-corrected chi connectivity index (χ0v) is 9.27. The number of nitrogens with zero attached hydrogens (tertiary/aromatic N) is 1. The van der Waals surface area contributed by atoms with Crippen molar-refractivity contribution < 1.29 is 10.0 Å². The number of hydrogen-bond acceptors (Lipinski definition) is 4. The molecule has 80 valence electrons. The van der Waals surface area contributed by atoms with Gasteiger partial charge in [0, 0.05) is 17.7 Å². The van der Waals surface area contributed by atoms with Crippen LogP contribution >= 0.6 is 15.9 Å². The van der Waals surface area contributed by atoms with Crippen LogP contribution in [0.2, 0.25) is 0 Å². The molecule has 0 aliphatic rings. The summed E-state index contributed by atoms with van der Waals surface area (Å²) in [6, 6.07) is 1.81. The van der Waals surface area contributed by atoms with E-state index in [1.165, 1.54) is 18.2 Å². The number of nitro benzene ring substituents is 1. The number of nitro groups is 1. The van der Waals surface area contributed by atoms with Crippen LogP contribution in [0.15, 0.2) is 29.3 Å². The van der Waals surface area contributed by atoms with Crippen LogP contribution in [-0.2, 0) is 0 Å². The molecule has 0 bridgehead atoms. The average Bonchev–Trinajstić information content (AvgIpc) is 2.20. The standard InChI is InChI=1S/C9H9BrN2O3/c1-2-8(11)6-3-5(12(14)15)4-7(10)9(6)13/h2-4,8,13H,1,11H2/t8-/m1/s1. The highest BCUT2D eigenvalue weighted by Gasteiger charge is 2.17. The maximum absolute atomic E-state index is 10.6. The molecule has 1 aromatic carbocycles. The van der Waals surface area contributed by atoms with Gasteiger partial charge in [0.05, 0.1) is 15.4 Å². The Kier molecular flexibility index (Phi) is 3.43. The quantitative estimate of drug-likeness (QED) is 0.502. The molecule has 0 spiro atoms. The highest BCUT2D eigenvalue weighted by atomic mass is 79.9. The Morgan fingerprint density at radius 1 is 1.67 bits per heavy atom. The molecule has 0 saturated carbocycles. The third kappa shape index (κ3) is 2.34. The van der Waals surface area contributed by atoms with Gasteiger partial charge in [-0.05, 0) is 15.9 Å². The molecule has 5 nitrogen and oxygen atoms in total. The molecule has 1 aromatic rings. The molecule has 0 fully saturated rings. The smallest absolute Gasteiger partial charge is 0.271 e. The molecule has 0 amide bonds. The molecule has 15 heavy (non-hydrogen) atoms. The highest BCUT2D eigenvalue weighted by Crippen LogP contribution is 2.35. The van der Waals surface area contributed by atoms with Gasteiger partial charge in [0.2, 0.25) is 0 Å². The van der Waals surface area contributed by atoms with Gasteiger partial charge in [0.25, 0.3) is 5.69 Å². The van der Waals surface area contributed by atoms with Crippen LogP contribution < -0.4 is 5.73 Å². The lowest BCUT2D eigenvalue weighted by molar-refractivity contribution is -0.385. The number of hydrogen-bond donors (Lipinski definition) is 2. The van der Waals surface area contributed by atoms with E-state index in [2.05, 4.69) is 22.5 Å². The maximum Gasteiger partial charge on any atom is 0.271 e. The number of non-ortho nitro benzene ring substituents is 1. The van der Waals surface area contributed by atoms with Gasteiger partial charge in [-0.2, -0.15) is 0 Å². The van der Waals surface area contributed by atoms with Gasteiger partial charge in [-0.1, -0.05) is 6.08 Å². The third-order valence-corrected chi connectivity index (χ3v) is 2.51. The first kappa shape index (κ1) is 11.7. The van der Waals surface area contributed by atoms with Crippen molar-refractivity contribution >= 4 is 21.6 Å². The number of halogens is 1. The van der Waals surface area contributed by atoms with E-state index in [-0.39, 0.29) is 21.5 Å². The summed E-state index contributed by atoms with van der Waals surface area (Å²) in [5, 5.41) is 20.2. The molecule has 1 rings (SSSR count). The van der Waals surface area contributed by atoms with Crippen LogP contribution in [0.5, 0.6) is 5.75 Å². The zero-order chi connectivity index (χ0) is 11.6. The van der Waals surface area contributed by atoms with E-state index in [0.717, 1.165) is 0 Å². The number of nitrogens with two attached hydrogens (primary N) is 1. The normalized spacial score (nSPS) is 12.1. The number of rotatable bonds is 3. The van der Waals surface area contributed by atoms with Gasteiger partial charge in [-0.3, -0.25) is 10.1 Å². The Morgan fingerprint density at radius 2 is 2.27 bits per heavy atom. The largest absolute Gasteiger partial charge is 0.506 e. The van der Waals surface area contributed by atoms with Gasteiger partial charge >= 0.3 is 0 Å². The van der Waals surface area contributed by atoms with Crippen molar-refractivity contribution in [1.29, 1.82) is 0 Å². The number of aromatic hydroxyl groups is 1. The summed E-state index contributed by atoms with van der Waals surface area (Å²) in [5.41, 5.74) is 5.75. The van der Waals surface area contributed by atoms with E-state index in [1.807, 2.05) is 0 Å². The topological polar surface area (TPSA) is 89.4 Å². The fourth-order valence-corrected chi connectivity index (χ4v) is 1.56. The Labute approximate surface area is 94.5 Å². The Balaban J connectivity index is 3.37. The Morgan fingerprint density at radius 3 is 2.73 bits per heavy atom. The zero-order valence-electron chi connectivity index (χ0n) is 7.68. The molecule has 0 aliphatic heterocycles. The minimum absolute atomic E-state index is 0.104. The lowest BCUT2D eigenvalue weighted by Crippen LogP contribution is -2.07. The SMILES string of the molecule is C=C[C@@H](N)c1cc([N+](=O)[O-])cc(Br)c1O. The van der Waals surface area contributed by atoms with Gasteiger partial charge in [0.1, 0.15) is 5.75 Å². The molecular formula is C9H9BrN2O3. The van der Waals surface area contributed by atoms with E-state index in [9.17, 15) is 15.2 Å². The summed E-state index contributed by atoms with van der Waals surface area (Å²) in [7, 11) is 0. The first-order chi connectivity index (χ1) is 6.97.